The summed E-state index contributed by atoms with van der Waals surface area (Å²) in [4.78, 5) is 14.3. The molecular formula is C21H23F2NO4. The molecule has 7 heteroatoms. The Morgan fingerprint density at radius 1 is 1.04 bits per heavy atom. The number of amides is 1. The van der Waals surface area contributed by atoms with Gasteiger partial charge in [-0.2, -0.15) is 0 Å². The molecule has 150 valence electrons. The Hall–Kier alpha value is -3.09. The molecule has 1 amide bonds. The fourth-order valence-electron chi connectivity index (χ4n) is 2.80. The third kappa shape index (κ3) is 4.79. The van der Waals surface area contributed by atoms with Crippen molar-refractivity contribution >= 4 is 12.0 Å². The van der Waals surface area contributed by atoms with Gasteiger partial charge >= 0.3 is 0 Å². The van der Waals surface area contributed by atoms with E-state index in [2.05, 4.69) is 0 Å². The lowest BCUT2D eigenvalue weighted by Crippen LogP contribution is -2.28. The van der Waals surface area contributed by atoms with E-state index in [1.807, 2.05) is 0 Å². The molecule has 0 fully saturated rings. The largest absolute Gasteiger partial charge is 0.493 e. The van der Waals surface area contributed by atoms with Crippen LogP contribution in [0.3, 0.4) is 0 Å². The predicted molar refractivity (Wildman–Crippen MR) is 103 cm³/mol. The molecule has 0 aliphatic heterocycles. The third-order valence-corrected chi connectivity index (χ3v) is 4.11. The molecule has 2 aromatic rings. The van der Waals surface area contributed by atoms with Gasteiger partial charge in [0.2, 0.25) is 5.75 Å². The van der Waals surface area contributed by atoms with E-state index in [4.69, 9.17) is 14.2 Å². The maximum Gasteiger partial charge on any atom is 0.254 e. The fourth-order valence-corrected chi connectivity index (χ4v) is 2.80. The first-order valence-corrected chi connectivity index (χ1v) is 8.48. The zero-order chi connectivity index (χ0) is 20.8. The summed E-state index contributed by atoms with van der Waals surface area (Å²) in [6, 6.07) is 6.50. The molecule has 0 unspecified atom stereocenters. The zero-order valence-electron chi connectivity index (χ0n) is 16.5. The maximum atomic E-state index is 13.8. The summed E-state index contributed by atoms with van der Waals surface area (Å²) < 4.78 is 42.6. The van der Waals surface area contributed by atoms with Crippen LogP contribution in [-0.4, -0.2) is 45.7 Å². The van der Waals surface area contributed by atoms with Gasteiger partial charge in [-0.3, -0.25) is 4.79 Å². The highest BCUT2D eigenvalue weighted by atomic mass is 19.1. The average Bonchev–Trinajstić information content (AvgIpc) is 2.68. The second-order valence-corrected chi connectivity index (χ2v) is 6.23. The van der Waals surface area contributed by atoms with Crippen LogP contribution < -0.4 is 14.2 Å². The molecule has 0 saturated carbocycles. The van der Waals surface area contributed by atoms with Gasteiger partial charge < -0.3 is 19.1 Å². The summed E-state index contributed by atoms with van der Waals surface area (Å²) in [7, 11) is 6.05. The van der Waals surface area contributed by atoms with Crippen LogP contribution in [0, 0.1) is 11.6 Å². The molecule has 0 N–H and O–H groups in total. The molecule has 2 rings (SSSR count). The summed E-state index contributed by atoms with van der Waals surface area (Å²) in [6.07, 6.45) is 1.58. The first-order valence-electron chi connectivity index (χ1n) is 8.48. The summed E-state index contributed by atoms with van der Waals surface area (Å²) >= 11 is 0. The van der Waals surface area contributed by atoms with Gasteiger partial charge in [-0.25, -0.2) is 8.78 Å². The van der Waals surface area contributed by atoms with E-state index in [1.54, 1.807) is 32.2 Å². The van der Waals surface area contributed by atoms with Gasteiger partial charge in [0, 0.05) is 30.8 Å². The van der Waals surface area contributed by atoms with Gasteiger partial charge in [0.25, 0.3) is 5.91 Å². The standard InChI is InChI=1S/C21H23F2NO4/c1-13(8-14-6-7-16(22)11-17(14)23)12-24(2)21(25)15-9-18(26-3)20(28-5)19(10-15)27-4/h6-11H,12H2,1-5H3/b13-8+. The Morgan fingerprint density at radius 3 is 2.14 bits per heavy atom. The van der Waals surface area contributed by atoms with Gasteiger partial charge in [-0.15, -0.1) is 0 Å². The second kappa shape index (κ2) is 9.21. The molecule has 0 saturated heterocycles. The molecule has 0 aliphatic carbocycles. The minimum Gasteiger partial charge on any atom is -0.493 e. The fraction of sp³-hybridized carbons (Fsp3) is 0.286. The number of methoxy groups -OCH3 is 3. The number of ether oxygens (including phenoxy) is 3. The van der Waals surface area contributed by atoms with Crippen LogP contribution in [0.25, 0.3) is 6.08 Å². The average molecular weight is 391 g/mol. The Labute approximate surface area is 163 Å². The number of hydrogen-bond donors (Lipinski definition) is 0. The highest BCUT2D eigenvalue weighted by Gasteiger charge is 2.19. The van der Waals surface area contributed by atoms with Crippen LogP contribution in [0.1, 0.15) is 22.8 Å². The lowest BCUT2D eigenvalue weighted by atomic mass is 10.1. The Balaban J connectivity index is 2.23. The van der Waals surface area contributed by atoms with E-state index < -0.39 is 11.6 Å². The van der Waals surface area contributed by atoms with E-state index in [0.29, 0.717) is 22.8 Å². The smallest absolute Gasteiger partial charge is 0.254 e. The lowest BCUT2D eigenvalue weighted by Gasteiger charge is -2.20. The number of hydrogen-bond acceptors (Lipinski definition) is 4. The minimum atomic E-state index is -0.655. The number of likely N-dealkylation sites (N-methyl/N-ethyl adjacent to an activating group) is 1. The molecule has 0 radical (unpaired) electrons. The Kier molecular flexibility index (Phi) is 6.98. The summed E-state index contributed by atoms with van der Waals surface area (Å²) in [6.45, 7) is 2.02. The van der Waals surface area contributed by atoms with Crippen molar-refractivity contribution in [3.63, 3.8) is 0 Å². The van der Waals surface area contributed by atoms with Crippen molar-refractivity contribution in [2.45, 2.75) is 6.92 Å². The number of halogens is 2. The van der Waals surface area contributed by atoms with E-state index in [-0.39, 0.29) is 18.0 Å². The highest BCUT2D eigenvalue weighted by Crippen LogP contribution is 2.38. The van der Waals surface area contributed by atoms with Crippen molar-refractivity contribution in [2.24, 2.45) is 0 Å². The van der Waals surface area contributed by atoms with Crippen LogP contribution in [0.15, 0.2) is 35.9 Å². The maximum absolute atomic E-state index is 13.8. The summed E-state index contributed by atoms with van der Waals surface area (Å²) in [5.41, 5.74) is 1.35. The zero-order valence-corrected chi connectivity index (χ0v) is 16.5. The SMILES string of the molecule is COc1cc(C(=O)N(C)C/C(C)=C/c2ccc(F)cc2F)cc(OC)c1OC. The molecule has 0 aliphatic rings. The van der Waals surface area contributed by atoms with Gasteiger partial charge in [-0.1, -0.05) is 11.6 Å². The monoisotopic (exact) mass is 391 g/mol. The number of benzene rings is 2. The van der Waals surface area contributed by atoms with Crippen molar-refractivity contribution < 1.29 is 27.8 Å². The third-order valence-electron chi connectivity index (χ3n) is 4.11. The van der Waals surface area contributed by atoms with E-state index in [0.717, 1.165) is 11.6 Å². The summed E-state index contributed by atoms with van der Waals surface area (Å²) in [5.74, 6) is -0.419. The van der Waals surface area contributed by atoms with Gasteiger partial charge in [0.1, 0.15) is 11.6 Å². The molecule has 0 spiro atoms. The van der Waals surface area contributed by atoms with Crippen molar-refractivity contribution in [3.05, 3.63) is 58.7 Å². The van der Waals surface area contributed by atoms with Crippen LogP contribution in [-0.2, 0) is 0 Å². The second-order valence-electron chi connectivity index (χ2n) is 6.23. The first kappa shape index (κ1) is 21.2. The predicted octanol–water partition coefficient (Wildman–Crippen LogP) is 4.17. The number of nitrogens with zero attached hydrogens (tertiary/aromatic N) is 1. The molecule has 28 heavy (non-hydrogen) atoms. The van der Waals surface area contributed by atoms with Crippen molar-refractivity contribution in [1.82, 2.24) is 4.90 Å². The number of rotatable bonds is 7. The molecule has 0 aromatic heterocycles. The molecule has 0 atom stereocenters. The first-order chi connectivity index (χ1) is 13.3. The van der Waals surface area contributed by atoms with E-state index >= 15 is 0 Å². The minimum absolute atomic E-state index is 0.256. The van der Waals surface area contributed by atoms with Crippen LogP contribution in [0.4, 0.5) is 8.78 Å². The molecular weight excluding hydrogens is 368 g/mol. The molecule has 2 aromatic carbocycles. The van der Waals surface area contributed by atoms with Gasteiger partial charge in [0.05, 0.1) is 21.3 Å². The van der Waals surface area contributed by atoms with Crippen LogP contribution in [0.5, 0.6) is 17.2 Å². The van der Waals surface area contributed by atoms with Crippen molar-refractivity contribution in [1.29, 1.82) is 0 Å². The van der Waals surface area contributed by atoms with Crippen molar-refractivity contribution in [2.75, 3.05) is 34.9 Å². The van der Waals surface area contributed by atoms with Crippen LogP contribution in [0.2, 0.25) is 0 Å². The normalized spacial score (nSPS) is 11.2. The van der Waals surface area contributed by atoms with E-state index in [1.165, 1.54) is 38.4 Å². The van der Waals surface area contributed by atoms with Crippen molar-refractivity contribution in [3.8, 4) is 17.2 Å². The lowest BCUT2D eigenvalue weighted by molar-refractivity contribution is 0.0806. The number of carbonyl (C=O) groups excluding carboxylic acids is 1. The van der Waals surface area contributed by atoms with Gasteiger partial charge in [-0.05, 0) is 31.2 Å². The molecule has 0 heterocycles. The molecule has 0 bridgehead atoms. The molecule has 5 nitrogen and oxygen atoms in total. The highest BCUT2D eigenvalue weighted by molar-refractivity contribution is 5.95. The van der Waals surface area contributed by atoms with E-state index in [9.17, 15) is 13.6 Å². The quantitative estimate of drug-likeness (QED) is 0.711. The number of carbonyl (C=O) groups is 1. The van der Waals surface area contributed by atoms with Gasteiger partial charge in [0.15, 0.2) is 11.5 Å². The Morgan fingerprint density at radius 2 is 1.64 bits per heavy atom. The van der Waals surface area contributed by atoms with Crippen LogP contribution >= 0.6 is 0 Å². The Bertz CT molecular complexity index is 871. The summed E-state index contributed by atoms with van der Waals surface area (Å²) in [5, 5.41) is 0. The topological polar surface area (TPSA) is 48.0 Å².